The highest BCUT2D eigenvalue weighted by Crippen LogP contribution is 2.43. The maximum atomic E-state index is 12.9. The number of hydrogen-bond acceptors (Lipinski definition) is 10. The lowest BCUT2D eigenvalue weighted by molar-refractivity contribution is -0.161. The SMILES string of the molecule is CC/C=C\C/C=C\C/C=C\C/C=C\CCCCC(=O)OC(CO)COP(=O)(O)OCC(COC(=O)CCCCCCCCCCCCCCCCCCC)OC(=O)CCCC/C=C\C/C=C\C/C=C\C/C=C\CC. The van der Waals surface area contributed by atoms with Crippen LogP contribution in [-0.4, -0.2) is 66.5 Å². The Hall–Kier alpha value is -3.60. The fourth-order valence-corrected chi connectivity index (χ4v) is 8.42. The van der Waals surface area contributed by atoms with Crippen molar-refractivity contribution in [1.82, 2.24) is 0 Å². The first-order valence-corrected chi connectivity index (χ1v) is 30.6. The quantitative estimate of drug-likeness (QED) is 0.0197. The van der Waals surface area contributed by atoms with Crippen LogP contribution in [0.25, 0.3) is 0 Å². The lowest BCUT2D eigenvalue weighted by Gasteiger charge is -2.21. The van der Waals surface area contributed by atoms with Crippen molar-refractivity contribution in [3.8, 4) is 0 Å². The Morgan fingerprint density at radius 3 is 1.08 bits per heavy atom. The first kappa shape index (κ1) is 70.4. The van der Waals surface area contributed by atoms with E-state index in [1.54, 1.807) is 0 Å². The van der Waals surface area contributed by atoms with Crippen LogP contribution < -0.4 is 0 Å². The second-order valence-corrected chi connectivity index (χ2v) is 20.5. The van der Waals surface area contributed by atoms with Crippen molar-refractivity contribution in [3.05, 3.63) is 97.2 Å². The molecule has 2 N–H and O–H groups in total. The lowest BCUT2D eigenvalue weighted by atomic mass is 10.0. The Bertz CT molecular complexity index is 1610. The average molecular weight is 1060 g/mol. The maximum Gasteiger partial charge on any atom is 0.472 e. The van der Waals surface area contributed by atoms with Gasteiger partial charge in [0.15, 0.2) is 6.10 Å². The number of carbonyl (C=O) groups excluding carboxylic acids is 3. The van der Waals surface area contributed by atoms with E-state index in [-0.39, 0.29) is 25.9 Å². The van der Waals surface area contributed by atoms with Crippen molar-refractivity contribution in [2.75, 3.05) is 26.4 Å². The smallest absolute Gasteiger partial charge is 0.462 e. The molecule has 0 aliphatic heterocycles. The largest absolute Gasteiger partial charge is 0.472 e. The summed E-state index contributed by atoms with van der Waals surface area (Å²) in [5.74, 6) is -1.56. The summed E-state index contributed by atoms with van der Waals surface area (Å²) in [5, 5.41) is 9.81. The molecule has 0 aliphatic carbocycles. The molecule has 0 aliphatic rings. The highest BCUT2D eigenvalue weighted by molar-refractivity contribution is 7.47. The molecule has 12 heteroatoms. The van der Waals surface area contributed by atoms with Crippen LogP contribution in [0.2, 0.25) is 0 Å². The topological polar surface area (TPSA) is 155 Å². The Morgan fingerprint density at radius 2 is 0.703 bits per heavy atom. The van der Waals surface area contributed by atoms with E-state index in [0.717, 1.165) is 96.3 Å². The average Bonchev–Trinajstić information content (AvgIpc) is 3.39. The molecule has 0 aromatic carbocycles. The van der Waals surface area contributed by atoms with Gasteiger partial charge in [-0.15, -0.1) is 0 Å². The summed E-state index contributed by atoms with van der Waals surface area (Å²) in [5.41, 5.74) is 0. The monoisotopic (exact) mass is 1060 g/mol. The van der Waals surface area contributed by atoms with Gasteiger partial charge in [0.2, 0.25) is 0 Å². The van der Waals surface area contributed by atoms with Crippen LogP contribution in [-0.2, 0) is 42.2 Å². The van der Waals surface area contributed by atoms with Crippen molar-refractivity contribution in [1.29, 1.82) is 0 Å². The van der Waals surface area contributed by atoms with Crippen LogP contribution >= 0.6 is 7.82 Å². The molecule has 0 bridgehead atoms. The van der Waals surface area contributed by atoms with Crippen LogP contribution in [0.1, 0.15) is 239 Å². The predicted molar refractivity (Wildman–Crippen MR) is 307 cm³/mol. The predicted octanol–water partition coefficient (Wildman–Crippen LogP) is 17.3. The summed E-state index contributed by atoms with van der Waals surface area (Å²) in [6, 6.07) is 0. The summed E-state index contributed by atoms with van der Waals surface area (Å²) in [6.45, 7) is 4.33. The molecule has 0 fully saturated rings. The van der Waals surface area contributed by atoms with E-state index >= 15 is 0 Å². The molecule has 0 heterocycles. The molecule has 11 nitrogen and oxygen atoms in total. The zero-order valence-electron chi connectivity index (χ0n) is 46.8. The molecule has 0 saturated heterocycles. The van der Waals surface area contributed by atoms with Crippen molar-refractivity contribution >= 4 is 25.7 Å². The van der Waals surface area contributed by atoms with Gasteiger partial charge in [0.1, 0.15) is 12.7 Å². The minimum Gasteiger partial charge on any atom is -0.462 e. The van der Waals surface area contributed by atoms with Crippen LogP contribution in [0, 0.1) is 0 Å². The third kappa shape index (κ3) is 53.2. The van der Waals surface area contributed by atoms with Crippen LogP contribution in [0.5, 0.6) is 0 Å². The second-order valence-electron chi connectivity index (χ2n) is 19.0. The van der Waals surface area contributed by atoms with Crippen LogP contribution in [0.15, 0.2) is 97.2 Å². The summed E-state index contributed by atoms with van der Waals surface area (Å²) in [4.78, 5) is 48.5. The Morgan fingerprint density at radius 1 is 0.392 bits per heavy atom. The summed E-state index contributed by atoms with van der Waals surface area (Å²) in [6.07, 6.45) is 65.2. The summed E-state index contributed by atoms with van der Waals surface area (Å²) >= 11 is 0. The van der Waals surface area contributed by atoms with Crippen LogP contribution in [0.3, 0.4) is 0 Å². The molecule has 0 saturated carbocycles. The van der Waals surface area contributed by atoms with E-state index in [2.05, 4.69) is 118 Å². The van der Waals surface area contributed by atoms with Gasteiger partial charge in [0.25, 0.3) is 0 Å². The Balaban J connectivity index is 4.80. The molecule has 0 spiro atoms. The van der Waals surface area contributed by atoms with Gasteiger partial charge in [-0.1, -0.05) is 221 Å². The van der Waals surface area contributed by atoms with Crippen molar-refractivity contribution in [3.63, 3.8) is 0 Å². The number of aliphatic hydroxyl groups is 1. The van der Waals surface area contributed by atoms with E-state index in [0.29, 0.717) is 19.3 Å². The van der Waals surface area contributed by atoms with E-state index in [9.17, 15) is 28.9 Å². The number of ether oxygens (including phenoxy) is 3. The molecule has 0 rings (SSSR count). The second kappa shape index (κ2) is 55.6. The van der Waals surface area contributed by atoms with E-state index in [1.807, 2.05) is 0 Å². The van der Waals surface area contributed by atoms with Crippen molar-refractivity contribution in [2.24, 2.45) is 0 Å². The van der Waals surface area contributed by atoms with Gasteiger partial charge in [0.05, 0.1) is 19.8 Å². The van der Waals surface area contributed by atoms with E-state index in [1.165, 1.54) is 83.5 Å². The van der Waals surface area contributed by atoms with Gasteiger partial charge < -0.3 is 24.2 Å². The lowest BCUT2D eigenvalue weighted by Crippen LogP contribution is -2.30. The zero-order chi connectivity index (χ0) is 54.1. The highest BCUT2D eigenvalue weighted by Gasteiger charge is 2.28. The standard InChI is InChI=1S/C62H105O11P/c1-4-7-10-13-16-19-22-25-28-29-32-33-36-39-42-45-48-51-60(64)69-55-59(73-62(66)53-50-47-44-41-38-35-31-27-24-21-18-15-12-9-6-3)57-71-74(67,68)70-56-58(54-63)72-61(65)52-49-46-43-40-37-34-30-26-23-20-17-14-11-8-5-2/h8-9,11-12,17-18,20-21,26-27,30-31,37-38,40-41,58-59,63H,4-7,10,13-16,19,22-25,28-29,32-36,39,42-57H2,1-3H3,(H,67,68)/b11-8-,12-9-,20-17-,21-18-,30-26-,31-27-,40-37-,41-38-. The van der Waals surface area contributed by atoms with Gasteiger partial charge in [0, 0.05) is 19.3 Å². The minimum absolute atomic E-state index is 0.110. The molecule has 424 valence electrons. The number of rotatable bonds is 53. The van der Waals surface area contributed by atoms with E-state index < -0.39 is 57.8 Å². The van der Waals surface area contributed by atoms with Gasteiger partial charge in [-0.05, 0) is 96.3 Å². The molecule has 0 amide bonds. The molecule has 0 aromatic heterocycles. The summed E-state index contributed by atoms with van der Waals surface area (Å²) in [7, 11) is -4.77. The van der Waals surface area contributed by atoms with Gasteiger partial charge in [-0.2, -0.15) is 0 Å². The number of phosphoric ester groups is 1. The Kier molecular flexibility index (Phi) is 52.9. The number of hydrogen-bond donors (Lipinski definition) is 2. The number of allylic oxidation sites excluding steroid dienone is 16. The molecule has 3 unspecified atom stereocenters. The number of carbonyl (C=O) groups is 3. The molecule has 0 aromatic rings. The maximum absolute atomic E-state index is 12.9. The molecule has 3 atom stereocenters. The zero-order valence-corrected chi connectivity index (χ0v) is 47.7. The Labute approximate surface area is 451 Å². The normalized spacial score (nSPS) is 14.1. The number of unbranched alkanes of at least 4 members (excludes halogenated alkanes) is 20. The van der Waals surface area contributed by atoms with Crippen molar-refractivity contribution in [2.45, 2.75) is 251 Å². The third-order valence-electron chi connectivity index (χ3n) is 12.0. The molecular formula is C62H105O11P. The highest BCUT2D eigenvalue weighted by atomic mass is 31.2. The number of aliphatic hydroxyl groups excluding tert-OH is 1. The first-order chi connectivity index (χ1) is 36.2. The first-order valence-electron chi connectivity index (χ1n) is 29.1. The minimum atomic E-state index is -4.77. The van der Waals surface area contributed by atoms with Crippen molar-refractivity contribution < 1.29 is 52.2 Å². The molecular weight excluding hydrogens is 952 g/mol. The van der Waals surface area contributed by atoms with Gasteiger partial charge in [-0.25, -0.2) is 4.57 Å². The number of esters is 3. The van der Waals surface area contributed by atoms with Gasteiger partial charge in [-0.3, -0.25) is 23.4 Å². The fraction of sp³-hybridized carbons (Fsp3) is 0.694. The fourth-order valence-electron chi connectivity index (χ4n) is 7.63. The van der Waals surface area contributed by atoms with Crippen LogP contribution in [0.4, 0.5) is 0 Å². The van der Waals surface area contributed by atoms with Gasteiger partial charge >= 0.3 is 25.7 Å². The molecule has 0 radical (unpaired) electrons. The number of phosphoric acid groups is 1. The summed E-state index contributed by atoms with van der Waals surface area (Å²) < 4.78 is 39.4. The third-order valence-corrected chi connectivity index (χ3v) is 13.0. The molecule has 74 heavy (non-hydrogen) atoms. The van der Waals surface area contributed by atoms with E-state index in [4.69, 9.17) is 23.3 Å².